The number of urea groups is 1. The maximum absolute atomic E-state index is 12.0. The van der Waals surface area contributed by atoms with E-state index in [1.54, 1.807) is 0 Å². The number of rotatable bonds is 6. The first-order chi connectivity index (χ1) is 10.2. The summed E-state index contributed by atoms with van der Waals surface area (Å²) in [7, 11) is 0. The molecule has 0 unspecified atom stereocenters. The van der Waals surface area contributed by atoms with Crippen molar-refractivity contribution < 1.29 is 14.6 Å². The van der Waals surface area contributed by atoms with E-state index in [0.717, 1.165) is 18.6 Å². The maximum atomic E-state index is 12.0. The summed E-state index contributed by atoms with van der Waals surface area (Å²) in [5.41, 5.74) is 1.09. The molecule has 1 aliphatic heterocycles. The molecule has 0 bridgehead atoms. The molecule has 21 heavy (non-hydrogen) atoms. The summed E-state index contributed by atoms with van der Waals surface area (Å²) >= 11 is 0. The van der Waals surface area contributed by atoms with E-state index in [9.17, 15) is 9.90 Å². The predicted octanol–water partition coefficient (Wildman–Crippen LogP) is 1.31. The highest BCUT2D eigenvalue weighted by molar-refractivity contribution is 5.74. The SMILES string of the molecule is C[C@H](NC(=O)N[C@H](CO)Cc1ccccc1)[C@H]1CCOC1. The van der Waals surface area contributed by atoms with Crippen molar-refractivity contribution in [2.24, 2.45) is 5.92 Å². The summed E-state index contributed by atoms with van der Waals surface area (Å²) in [4.78, 5) is 12.0. The van der Waals surface area contributed by atoms with Crippen LogP contribution in [0.5, 0.6) is 0 Å². The second-order valence-corrected chi connectivity index (χ2v) is 5.60. The van der Waals surface area contributed by atoms with Gasteiger partial charge in [0.05, 0.1) is 19.3 Å². The van der Waals surface area contributed by atoms with E-state index in [4.69, 9.17) is 4.74 Å². The highest BCUT2D eigenvalue weighted by Crippen LogP contribution is 2.16. The Morgan fingerprint density at radius 3 is 2.76 bits per heavy atom. The third kappa shape index (κ3) is 5.02. The molecule has 1 aromatic rings. The molecule has 1 heterocycles. The van der Waals surface area contributed by atoms with Crippen molar-refractivity contribution in [3.63, 3.8) is 0 Å². The van der Waals surface area contributed by atoms with Crippen LogP contribution < -0.4 is 10.6 Å². The predicted molar refractivity (Wildman–Crippen MR) is 81.1 cm³/mol. The Kier molecular flexibility index (Phi) is 6.02. The molecule has 1 aliphatic rings. The fraction of sp³-hybridized carbons (Fsp3) is 0.562. The Morgan fingerprint density at radius 2 is 2.14 bits per heavy atom. The van der Waals surface area contributed by atoms with Crippen LogP contribution in [0.2, 0.25) is 0 Å². The molecule has 0 aliphatic carbocycles. The van der Waals surface area contributed by atoms with Gasteiger partial charge in [-0.05, 0) is 25.3 Å². The largest absolute Gasteiger partial charge is 0.394 e. The Labute approximate surface area is 125 Å². The second-order valence-electron chi connectivity index (χ2n) is 5.60. The van der Waals surface area contributed by atoms with Crippen LogP contribution in [0.25, 0.3) is 0 Å². The Hall–Kier alpha value is -1.59. The van der Waals surface area contributed by atoms with Gasteiger partial charge < -0.3 is 20.5 Å². The molecule has 1 aromatic carbocycles. The van der Waals surface area contributed by atoms with Crippen molar-refractivity contribution in [1.29, 1.82) is 0 Å². The molecule has 3 N–H and O–H groups in total. The van der Waals surface area contributed by atoms with Gasteiger partial charge >= 0.3 is 6.03 Å². The average Bonchev–Trinajstić information content (AvgIpc) is 3.02. The summed E-state index contributed by atoms with van der Waals surface area (Å²) in [5, 5.41) is 15.2. The number of amides is 2. The quantitative estimate of drug-likeness (QED) is 0.740. The lowest BCUT2D eigenvalue weighted by Crippen LogP contribution is -2.49. The number of hydrogen-bond donors (Lipinski definition) is 3. The molecule has 0 aromatic heterocycles. The molecule has 2 rings (SSSR count). The Bertz CT molecular complexity index is 432. The lowest BCUT2D eigenvalue weighted by molar-refractivity contribution is 0.176. The first-order valence-electron chi connectivity index (χ1n) is 7.48. The molecule has 1 fully saturated rings. The molecule has 3 atom stereocenters. The summed E-state index contributed by atoms with van der Waals surface area (Å²) in [6.45, 7) is 3.38. The molecule has 5 heteroatoms. The smallest absolute Gasteiger partial charge is 0.315 e. The summed E-state index contributed by atoms with van der Waals surface area (Å²) < 4.78 is 5.33. The van der Waals surface area contributed by atoms with Gasteiger partial charge in [0.1, 0.15) is 0 Å². The molecule has 116 valence electrons. The van der Waals surface area contributed by atoms with Crippen molar-refractivity contribution in [3.8, 4) is 0 Å². The van der Waals surface area contributed by atoms with E-state index in [-0.39, 0.29) is 24.7 Å². The number of benzene rings is 1. The zero-order valence-corrected chi connectivity index (χ0v) is 12.4. The Morgan fingerprint density at radius 1 is 1.38 bits per heavy atom. The van der Waals surface area contributed by atoms with Crippen LogP contribution in [0.3, 0.4) is 0 Å². The normalized spacial score (nSPS) is 20.8. The lowest BCUT2D eigenvalue weighted by atomic mass is 10.0. The fourth-order valence-electron chi connectivity index (χ4n) is 2.56. The van der Waals surface area contributed by atoms with Crippen LogP contribution in [-0.2, 0) is 11.2 Å². The van der Waals surface area contributed by atoms with Gasteiger partial charge in [-0.2, -0.15) is 0 Å². The highest BCUT2D eigenvalue weighted by atomic mass is 16.5. The summed E-state index contributed by atoms with van der Waals surface area (Å²) in [5.74, 6) is 0.373. The van der Waals surface area contributed by atoms with Crippen molar-refractivity contribution in [1.82, 2.24) is 10.6 Å². The molecule has 0 saturated carbocycles. The van der Waals surface area contributed by atoms with Gasteiger partial charge in [0.15, 0.2) is 0 Å². The molecule has 5 nitrogen and oxygen atoms in total. The summed E-state index contributed by atoms with van der Waals surface area (Å²) in [6, 6.07) is 9.38. The monoisotopic (exact) mass is 292 g/mol. The van der Waals surface area contributed by atoms with Crippen molar-refractivity contribution in [2.45, 2.75) is 31.8 Å². The van der Waals surface area contributed by atoms with Crippen LogP contribution >= 0.6 is 0 Å². The van der Waals surface area contributed by atoms with Gasteiger partial charge in [-0.1, -0.05) is 30.3 Å². The number of carbonyl (C=O) groups excluding carboxylic acids is 1. The minimum atomic E-state index is -0.278. The van der Waals surface area contributed by atoms with Crippen LogP contribution in [-0.4, -0.2) is 43.0 Å². The minimum Gasteiger partial charge on any atom is -0.394 e. The van der Waals surface area contributed by atoms with Gasteiger partial charge in [0.2, 0.25) is 0 Å². The summed E-state index contributed by atoms with van der Waals surface area (Å²) in [6.07, 6.45) is 1.60. The molecule has 1 saturated heterocycles. The van der Waals surface area contributed by atoms with Crippen LogP contribution in [0.1, 0.15) is 18.9 Å². The third-order valence-corrected chi connectivity index (χ3v) is 3.91. The van der Waals surface area contributed by atoms with Gasteiger partial charge in [-0.25, -0.2) is 4.79 Å². The number of aliphatic hydroxyl groups excluding tert-OH is 1. The average molecular weight is 292 g/mol. The van der Waals surface area contributed by atoms with Gasteiger partial charge in [-0.3, -0.25) is 0 Å². The van der Waals surface area contributed by atoms with Crippen molar-refractivity contribution in [3.05, 3.63) is 35.9 Å². The number of nitrogens with one attached hydrogen (secondary N) is 2. The van der Waals surface area contributed by atoms with Gasteiger partial charge in [0, 0.05) is 18.6 Å². The van der Waals surface area contributed by atoms with E-state index in [0.29, 0.717) is 18.9 Å². The number of ether oxygens (including phenoxy) is 1. The highest BCUT2D eigenvalue weighted by Gasteiger charge is 2.24. The molecular formula is C16H24N2O3. The Balaban J connectivity index is 1.79. The lowest BCUT2D eigenvalue weighted by Gasteiger charge is -2.22. The second kappa shape index (κ2) is 8.00. The first-order valence-corrected chi connectivity index (χ1v) is 7.48. The zero-order chi connectivity index (χ0) is 15.1. The van der Waals surface area contributed by atoms with Crippen molar-refractivity contribution in [2.75, 3.05) is 19.8 Å². The molecular weight excluding hydrogens is 268 g/mol. The third-order valence-electron chi connectivity index (χ3n) is 3.91. The number of hydrogen-bond acceptors (Lipinski definition) is 3. The zero-order valence-electron chi connectivity index (χ0n) is 12.4. The maximum Gasteiger partial charge on any atom is 0.315 e. The van der Waals surface area contributed by atoms with E-state index in [1.807, 2.05) is 37.3 Å². The van der Waals surface area contributed by atoms with Crippen LogP contribution in [0, 0.1) is 5.92 Å². The van der Waals surface area contributed by atoms with E-state index in [1.165, 1.54) is 0 Å². The number of carbonyl (C=O) groups is 1. The van der Waals surface area contributed by atoms with E-state index in [2.05, 4.69) is 10.6 Å². The van der Waals surface area contributed by atoms with Crippen LogP contribution in [0.15, 0.2) is 30.3 Å². The first kappa shape index (κ1) is 15.8. The number of aliphatic hydroxyl groups is 1. The van der Waals surface area contributed by atoms with E-state index >= 15 is 0 Å². The topological polar surface area (TPSA) is 70.6 Å². The van der Waals surface area contributed by atoms with Gasteiger partial charge in [0.25, 0.3) is 0 Å². The van der Waals surface area contributed by atoms with Crippen molar-refractivity contribution >= 4 is 6.03 Å². The molecule has 0 radical (unpaired) electrons. The van der Waals surface area contributed by atoms with Crippen LogP contribution in [0.4, 0.5) is 4.79 Å². The molecule has 2 amide bonds. The van der Waals surface area contributed by atoms with Gasteiger partial charge in [-0.15, -0.1) is 0 Å². The minimum absolute atomic E-state index is 0.0727. The fourth-order valence-corrected chi connectivity index (χ4v) is 2.56. The van der Waals surface area contributed by atoms with E-state index < -0.39 is 0 Å². The molecule has 0 spiro atoms. The standard InChI is InChI=1S/C16H24N2O3/c1-12(14-7-8-21-11-14)17-16(20)18-15(10-19)9-13-5-3-2-4-6-13/h2-6,12,14-15,19H,7-11H2,1H3,(H2,17,18,20)/t12-,14-,15-/m0/s1.